The van der Waals surface area contributed by atoms with Crippen molar-refractivity contribution < 1.29 is 18.1 Å². The molecule has 6 nitrogen and oxygen atoms in total. The highest BCUT2D eigenvalue weighted by Gasteiger charge is 2.34. The van der Waals surface area contributed by atoms with Crippen LogP contribution in [0.4, 0.5) is 8.78 Å². The van der Waals surface area contributed by atoms with Crippen molar-refractivity contribution in [2.24, 2.45) is 0 Å². The van der Waals surface area contributed by atoms with Gasteiger partial charge in [0.1, 0.15) is 11.6 Å². The number of halogens is 2. The Morgan fingerprint density at radius 2 is 2.00 bits per heavy atom. The number of fused-ring (bicyclic) bond motifs is 1. The fourth-order valence-electron chi connectivity index (χ4n) is 3.80. The van der Waals surface area contributed by atoms with Crippen molar-refractivity contribution in [3.63, 3.8) is 0 Å². The molecule has 2 aromatic heterocycles. The average molecular weight is 394 g/mol. The summed E-state index contributed by atoms with van der Waals surface area (Å²) in [5.41, 5.74) is 2.19. The summed E-state index contributed by atoms with van der Waals surface area (Å²) in [6.45, 7) is 0.502. The number of benzene rings is 2. The van der Waals surface area contributed by atoms with E-state index >= 15 is 0 Å². The minimum atomic E-state index is -0.662. The first kappa shape index (κ1) is 17.5. The number of aromatic amines is 1. The molecule has 1 amide bonds. The second kappa shape index (κ2) is 6.80. The summed E-state index contributed by atoms with van der Waals surface area (Å²) in [7, 11) is 0. The van der Waals surface area contributed by atoms with Crippen molar-refractivity contribution in [1.29, 1.82) is 0 Å². The van der Waals surface area contributed by atoms with Crippen molar-refractivity contribution in [3.8, 4) is 11.5 Å². The van der Waals surface area contributed by atoms with E-state index in [2.05, 4.69) is 15.1 Å². The predicted molar refractivity (Wildman–Crippen MR) is 101 cm³/mol. The standard InChI is InChI=1S/C21H16F2N4O2/c22-14-6-12(7-15(23)9-14)10-27-11-13(8-19(27)28)20-25-21(29-26-20)17-2-1-3-18-16(17)4-5-24-18/h1-7,9,13,24H,8,10-11H2. The van der Waals surface area contributed by atoms with E-state index in [-0.39, 0.29) is 24.8 Å². The highest BCUT2D eigenvalue weighted by atomic mass is 19.1. The Morgan fingerprint density at radius 1 is 1.17 bits per heavy atom. The zero-order valence-electron chi connectivity index (χ0n) is 15.2. The Kier molecular flexibility index (Phi) is 4.12. The molecule has 146 valence electrons. The zero-order valence-corrected chi connectivity index (χ0v) is 15.2. The molecular formula is C21H16F2N4O2. The topological polar surface area (TPSA) is 75.0 Å². The molecule has 8 heteroatoms. The Morgan fingerprint density at radius 3 is 2.83 bits per heavy atom. The molecule has 0 spiro atoms. The molecule has 1 atom stereocenters. The summed E-state index contributed by atoms with van der Waals surface area (Å²) >= 11 is 0. The summed E-state index contributed by atoms with van der Waals surface area (Å²) in [5, 5.41) is 5.05. The van der Waals surface area contributed by atoms with E-state index in [0.717, 1.165) is 22.5 Å². The molecule has 1 aliphatic rings. The van der Waals surface area contributed by atoms with Gasteiger partial charge >= 0.3 is 0 Å². The van der Waals surface area contributed by atoms with Gasteiger partial charge < -0.3 is 14.4 Å². The second-order valence-electron chi connectivity index (χ2n) is 7.16. The maximum Gasteiger partial charge on any atom is 0.258 e. The Labute approximate surface area is 164 Å². The number of nitrogens with zero attached hydrogens (tertiary/aromatic N) is 3. The first-order valence-corrected chi connectivity index (χ1v) is 9.19. The van der Waals surface area contributed by atoms with Crippen LogP contribution >= 0.6 is 0 Å². The summed E-state index contributed by atoms with van der Waals surface area (Å²) < 4.78 is 32.3. The van der Waals surface area contributed by atoms with Crippen LogP contribution in [-0.2, 0) is 11.3 Å². The molecule has 0 aliphatic carbocycles. The van der Waals surface area contributed by atoms with Gasteiger partial charge in [0.05, 0.1) is 0 Å². The normalized spacial score (nSPS) is 16.8. The van der Waals surface area contributed by atoms with Gasteiger partial charge in [-0.15, -0.1) is 0 Å². The molecule has 0 saturated carbocycles. The average Bonchev–Trinajstić information content (AvgIpc) is 3.40. The molecule has 4 aromatic rings. The number of H-pyrrole nitrogens is 1. The van der Waals surface area contributed by atoms with Gasteiger partial charge in [-0.25, -0.2) is 8.78 Å². The Bertz CT molecular complexity index is 1200. The molecule has 1 unspecified atom stereocenters. The van der Waals surface area contributed by atoms with Gasteiger partial charge in [0, 0.05) is 54.2 Å². The minimum absolute atomic E-state index is 0.112. The number of hydrogen-bond acceptors (Lipinski definition) is 4. The van der Waals surface area contributed by atoms with Gasteiger partial charge in [-0.2, -0.15) is 4.98 Å². The molecule has 5 rings (SSSR count). The summed E-state index contributed by atoms with van der Waals surface area (Å²) in [4.78, 5) is 21.6. The van der Waals surface area contributed by atoms with Crippen LogP contribution in [0.2, 0.25) is 0 Å². The first-order chi connectivity index (χ1) is 14.1. The van der Waals surface area contributed by atoms with Crippen LogP contribution in [-0.4, -0.2) is 32.5 Å². The third-order valence-electron chi connectivity index (χ3n) is 5.14. The van der Waals surface area contributed by atoms with Crippen LogP contribution in [0.15, 0.2) is 53.2 Å². The summed E-state index contributed by atoms with van der Waals surface area (Å²) in [6, 6.07) is 11.0. The van der Waals surface area contributed by atoms with Crippen molar-refractivity contribution in [2.45, 2.75) is 18.9 Å². The third kappa shape index (κ3) is 3.26. The SMILES string of the molecule is O=C1CC(c2noc(-c3cccc4[nH]ccc34)n2)CN1Cc1cc(F)cc(F)c1. The van der Waals surface area contributed by atoms with Crippen molar-refractivity contribution >= 4 is 16.8 Å². The molecule has 1 saturated heterocycles. The van der Waals surface area contributed by atoms with Crippen molar-refractivity contribution in [2.75, 3.05) is 6.54 Å². The highest BCUT2D eigenvalue weighted by molar-refractivity contribution is 5.92. The number of carbonyl (C=O) groups excluding carboxylic acids is 1. The minimum Gasteiger partial charge on any atom is -0.361 e. The molecule has 1 aliphatic heterocycles. The zero-order chi connectivity index (χ0) is 20.0. The monoisotopic (exact) mass is 394 g/mol. The van der Waals surface area contributed by atoms with E-state index in [1.54, 1.807) is 4.90 Å². The third-order valence-corrected chi connectivity index (χ3v) is 5.14. The quantitative estimate of drug-likeness (QED) is 0.568. The van der Waals surface area contributed by atoms with E-state index in [0.29, 0.717) is 23.8 Å². The molecule has 0 radical (unpaired) electrons. The van der Waals surface area contributed by atoms with Crippen molar-refractivity contribution in [3.05, 3.63) is 71.7 Å². The van der Waals surface area contributed by atoms with E-state index < -0.39 is 11.6 Å². The van der Waals surface area contributed by atoms with Gasteiger partial charge in [-0.1, -0.05) is 11.2 Å². The van der Waals surface area contributed by atoms with E-state index in [4.69, 9.17) is 4.52 Å². The van der Waals surface area contributed by atoms with Crippen LogP contribution in [0, 0.1) is 11.6 Å². The maximum absolute atomic E-state index is 13.4. The number of hydrogen-bond donors (Lipinski definition) is 1. The smallest absolute Gasteiger partial charge is 0.258 e. The largest absolute Gasteiger partial charge is 0.361 e. The van der Waals surface area contributed by atoms with Crippen LogP contribution in [0.25, 0.3) is 22.4 Å². The molecule has 29 heavy (non-hydrogen) atoms. The van der Waals surface area contributed by atoms with E-state index in [1.165, 1.54) is 12.1 Å². The number of rotatable bonds is 4. The Balaban J connectivity index is 1.36. The number of aromatic nitrogens is 3. The fraction of sp³-hybridized carbons (Fsp3) is 0.190. The van der Waals surface area contributed by atoms with Gasteiger partial charge in [-0.3, -0.25) is 4.79 Å². The lowest BCUT2D eigenvalue weighted by molar-refractivity contribution is -0.128. The van der Waals surface area contributed by atoms with Crippen LogP contribution in [0.3, 0.4) is 0 Å². The van der Waals surface area contributed by atoms with Crippen molar-refractivity contribution in [1.82, 2.24) is 20.0 Å². The van der Waals surface area contributed by atoms with Gasteiger partial charge in [0.15, 0.2) is 5.82 Å². The second-order valence-corrected chi connectivity index (χ2v) is 7.16. The molecule has 2 aromatic carbocycles. The number of nitrogens with one attached hydrogen (secondary N) is 1. The van der Waals surface area contributed by atoms with Gasteiger partial charge in [0.2, 0.25) is 5.91 Å². The number of amides is 1. The van der Waals surface area contributed by atoms with E-state index in [1.807, 2.05) is 30.5 Å². The molecule has 3 heterocycles. The lowest BCUT2D eigenvalue weighted by Gasteiger charge is -2.16. The molecule has 1 fully saturated rings. The molecule has 0 bridgehead atoms. The first-order valence-electron chi connectivity index (χ1n) is 9.19. The summed E-state index contributed by atoms with van der Waals surface area (Å²) in [5.74, 6) is -0.824. The van der Waals surface area contributed by atoms with E-state index in [9.17, 15) is 13.6 Å². The lowest BCUT2D eigenvalue weighted by Crippen LogP contribution is -2.24. The van der Waals surface area contributed by atoms with Crippen LogP contribution in [0.1, 0.15) is 23.7 Å². The Hall–Kier alpha value is -3.55. The predicted octanol–water partition coefficient (Wildman–Crippen LogP) is 4.01. The summed E-state index contributed by atoms with van der Waals surface area (Å²) in [6.07, 6.45) is 2.07. The van der Waals surface area contributed by atoms with Crippen LogP contribution in [0.5, 0.6) is 0 Å². The maximum atomic E-state index is 13.4. The number of carbonyl (C=O) groups is 1. The fourth-order valence-corrected chi connectivity index (χ4v) is 3.80. The van der Waals surface area contributed by atoms with Crippen LogP contribution < -0.4 is 0 Å². The highest BCUT2D eigenvalue weighted by Crippen LogP contribution is 2.31. The number of likely N-dealkylation sites (tertiary alicyclic amines) is 1. The lowest BCUT2D eigenvalue weighted by atomic mass is 10.1. The van der Waals surface area contributed by atoms with Gasteiger partial charge in [0.25, 0.3) is 5.89 Å². The molecule has 1 N–H and O–H groups in total. The molecular weight excluding hydrogens is 378 g/mol. The van der Waals surface area contributed by atoms with Gasteiger partial charge in [-0.05, 0) is 35.9 Å².